The molecule has 9 heteroatoms. The van der Waals surface area contributed by atoms with Crippen LogP contribution in [0.25, 0.3) is 10.9 Å². The van der Waals surface area contributed by atoms with Crippen LogP contribution in [0, 0.1) is 5.82 Å². The maximum absolute atomic E-state index is 14.0. The molecule has 1 aliphatic rings. The first-order valence-electron chi connectivity index (χ1n) is 12.4. The fourth-order valence-electron chi connectivity index (χ4n) is 4.72. The smallest absolute Gasteiger partial charge is 0.282 e. The number of ether oxygens (including phenoxy) is 2. The molecular weight excluding hydrogens is 617 g/mol. The summed E-state index contributed by atoms with van der Waals surface area (Å²) < 4.78 is 28.4. The van der Waals surface area contributed by atoms with E-state index in [0.717, 1.165) is 30.2 Å². The molecule has 1 aromatic heterocycles. The summed E-state index contributed by atoms with van der Waals surface area (Å²) >= 11 is 7.04. The van der Waals surface area contributed by atoms with Crippen molar-refractivity contribution >= 4 is 49.0 Å². The highest BCUT2D eigenvalue weighted by molar-refractivity contribution is 9.10. The van der Waals surface area contributed by atoms with E-state index in [1.54, 1.807) is 42.6 Å². The summed E-state index contributed by atoms with van der Waals surface area (Å²) in [5, 5.41) is 5.13. The van der Waals surface area contributed by atoms with Gasteiger partial charge in [0.05, 0.1) is 24.2 Å². The summed E-state index contributed by atoms with van der Waals surface area (Å²) in [7, 11) is 1.54. The number of hydrogen-bond acceptors (Lipinski definition) is 5. The van der Waals surface area contributed by atoms with Gasteiger partial charge in [0.25, 0.3) is 5.56 Å². The van der Waals surface area contributed by atoms with Gasteiger partial charge >= 0.3 is 0 Å². The normalized spacial score (nSPS) is 14.3. The summed E-state index contributed by atoms with van der Waals surface area (Å²) in [6.45, 7) is 0.0569. The van der Waals surface area contributed by atoms with Crippen molar-refractivity contribution in [2.45, 2.75) is 44.6 Å². The van der Waals surface area contributed by atoms with E-state index in [0.29, 0.717) is 43.8 Å². The summed E-state index contributed by atoms with van der Waals surface area (Å²) in [5.41, 5.74) is 1.60. The van der Waals surface area contributed by atoms with Gasteiger partial charge in [0.1, 0.15) is 18.2 Å². The Morgan fingerprint density at radius 1 is 1.08 bits per heavy atom. The van der Waals surface area contributed by atoms with Crippen LogP contribution in [0.1, 0.15) is 55.0 Å². The number of rotatable bonds is 7. The Morgan fingerprint density at radius 3 is 2.63 bits per heavy atom. The van der Waals surface area contributed by atoms with Crippen molar-refractivity contribution in [2.75, 3.05) is 7.11 Å². The Kier molecular flexibility index (Phi) is 8.24. The van der Waals surface area contributed by atoms with E-state index < -0.39 is 0 Å². The fourth-order valence-corrected chi connectivity index (χ4v) is 5.50. The molecule has 0 aliphatic heterocycles. The molecule has 1 saturated carbocycles. The minimum absolute atomic E-state index is 0.0569. The molecule has 196 valence electrons. The first-order valence-corrected chi connectivity index (χ1v) is 14.0. The van der Waals surface area contributed by atoms with Crippen molar-refractivity contribution in [3.63, 3.8) is 0 Å². The maximum Gasteiger partial charge on any atom is 0.282 e. The van der Waals surface area contributed by atoms with Crippen molar-refractivity contribution in [1.82, 2.24) is 9.66 Å². The van der Waals surface area contributed by atoms with Crippen LogP contribution in [0.4, 0.5) is 4.39 Å². The Bertz CT molecular complexity index is 1570. The standard InChI is InChI=1S/C29H26Br2FN3O3/c1-37-26-13-20(23(31)15-27(26)38-17-19-9-5-6-10-24(19)32)16-33-35-28(18-7-3-2-4-8-18)34-25-12-11-21(30)14-22(25)29(35)36/h5-6,9-16,18H,2-4,7-8,17H2,1H3. The predicted octanol–water partition coefficient (Wildman–Crippen LogP) is 7.58. The first-order chi connectivity index (χ1) is 18.4. The second-order valence-corrected chi connectivity index (χ2v) is 11.0. The Balaban J connectivity index is 1.51. The Morgan fingerprint density at radius 2 is 1.87 bits per heavy atom. The van der Waals surface area contributed by atoms with Crippen LogP contribution in [-0.2, 0) is 6.61 Å². The first kappa shape index (κ1) is 26.6. The lowest BCUT2D eigenvalue weighted by atomic mass is 9.88. The van der Waals surface area contributed by atoms with E-state index in [1.165, 1.54) is 24.3 Å². The third kappa shape index (κ3) is 5.68. The number of benzene rings is 3. The number of methoxy groups -OCH3 is 1. The second-order valence-electron chi connectivity index (χ2n) is 9.23. The highest BCUT2D eigenvalue weighted by Crippen LogP contribution is 2.34. The highest BCUT2D eigenvalue weighted by Gasteiger charge is 2.22. The van der Waals surface area contributed by atoms with Gasteiger partial charge in [-0.25, -0.2) is 9.37 Å². The van der Waals surface area contributed by atoms with Gasteiger partial charge < -0.3 is 9.47 Å². The molecule has 0 spiro atoms. The largest absolute Gasteiger partial charge is 0.493 e. The average molecular weight is 643 g/mol. The lowest BCUT2D eigenvalue weighted by Gasteiger charge is -2.22. The molecule has 0 amide bonds. The summed E-state index contributed by atoms with van der Waals surface area (Å²) in [4.78, 5) is 18.5. The van der Waals surface area contributed by atoms with Crippen LogP contribution in [0.5, 0.6) is 11.5 Å². The van der Waals surface area contributed by atoms with Gasteiger partial charge in [-0.15, -0.1) is 0 Å². The van der Waals surface area contributed by atoms with Gasteiger partial charge in [0.2, 0.25) is 0 Å². The minimum Gasteiger partial charge on any atom is -0.493 e. The molecule has 0 radical (unpaired) electrons. The number of fused-ring (bicyclic) bond motifs is 1. The zero-order valence-corrected chi connectivity index (χ0v) is 24.0. The number of aromatic nitrogens is 2. The molecular formula is C29H26Br2FN3O3. The van der Waals surface area contributed by atoms with E-state index in [4.69, 9.17) is 14.5 Å². The minimum atomic E-state index is -0.329. The molecule has 0 bridgehead atoms. The van der Waals surface area contributed by atoms with Gasteiger partial charge in [-0.1, -0.05) is 53.4 Å². The molecule has 4 aromatic rings. The zero-order chi connectivity index (χ0) is 26.6. The summed E-state index contributed by atoms with van der Waals surface area (Å²) in [6, 6.07) is 15.5. The van der Waals surface area contributed by atoms with Crippen LogP contribution in [0.2, 0.25) is 0 Å². The Hall–Kier alpha value is -3.04. The SMILES string of the molecule is COc1cc(C=Nn2c(C3CCCCC3)nc3ccc(Br)cc3c2=O)c(Br)cc1OCc1ccccc1F. The molecule has 3 aromatic carbocycles. The number of halogens is 3. The molecule has 0 saturated heterocycles. The molecule has 6 nitrogen and oxygen atoms in total. The molecule has 1 heterocycles. The van der Waals surface area contributed by atoms with Crippen LogP contribution in [-0.4, -0.2) is 23.0 Å². The van der Waals surface area contributed by atoms with Crippen molar-refractivity contribution in [1.29, 1.82) is 0 Å². The van der Waals surface area contributed by atoms with Crippen molar-refractivity contribution in [3.05, 3.63) is 96.7 Å². The zero-order valence-electron chi connectivity index (χ0n) is 20.8. The van der Waals surface area contributed by atoms with Crippen molar-refractivity contribution in [3.8, 4) is 11.5 Å². The number of hydrogen-bond donors (Lipinski definition) is 0. The fraction of sp³-hybridized carbons (Fsp3) is 0.276. The van der Waals surface area contributed by atoms with E-state index >= 15 is 0 Å². The quantitative estimate of drug-likeness (QED) is 0.195. The summed E-state index contributed by atoms with van der Waals surface area (Å²) in [5.74, 6) is 1.45. The topological polar surface area (TPSA) is 65.7 Å². The lowest BCUT2D eigenvalue weighted by molar-refractivity contribution is 0.279. The Labute approximate surface area is 236 Å². The van der Waals surface area contributed by atoms with Crippen molar-refractivity contribution in [2.24, 2.45) is 5.10 Å². The van der Waals surface area contributed by atoms with Crippen LogP contribution in [0.3, 0.4) is 0 Å². The maximum atomic E-state index is 14.0. The molecule has 0 atom stereocenters. The lowest BCUT2D eigenvalue weighted by Crippen LogP contribution is -2.25. The highest BCUT2D eigenvalue weighted by atomic mass is 79.9. The molecule has 5 rings (SSSR count). The molecule has 0 unspecified atom stereocenters. The number of nitrogens with zero attached hydrogens (tertiary/aromatic N) is 3. The average Bonchev–Trinajstić information content (AvgIpc) is 2.93. The van der Waals surface area contributed by atoms with E-state index in [-0.39, 0.29) is 23.9 Å². The van der Waals surface area contributed by atoms with Gasteiger partial charge in [-0.2, -0.15) is 9.78 Å². The van der Waals surface area contributed by atoms with Crippen LogP contribution < -0.4 is 15.0 Å². The molecule has 1 aliphatic carbocycles. The van der Waals surface area contributed by atoms with E-state index in [2.05, 4.69) is 37.0 Å². The van der Waals surface area contributed by atoms with Gasteiger partial charge in [0, 0.05) is 26.0 Å². The van der Waals surface area contributed by atoms with Crippen molar-refractivity contribution < 1.29 is 13.9 Å². The van der Waals surface area contributed by atoms with E-state index in [1.807, 2.05) is 12.1 Å². The summed E-state index contributed by atoms with van der Waals surface area (Å²) in [6.07, 6.45) is 7.00. The monoisotopic (exact) mass is 641 g/mol. The van der Waals surface area contributed by atoms with Gasteiger partial charge in [-0.3, -0.25) is 4.79 Å². The third-order valence-corrected chi connectivity index (χ3v) is 7.92. The van der Waals surface area contributed by atoms with Crippen LogP contribution in [0.15, 0.2) is 73.4 Å². The third-order valence-electron chi connectivity index (χ3n) is 6.74. The molecule has 38 heavy (non-hydrogen) atoms. The molecule has 0 N–H and O–H groups in total. The second kappa shape index (κ2) is 11.8. The van der Waals surface area contributed by atoms with Gasteiger partial charge in [-0.05, 0) is 65.2 Å². The molecule has 1 fully saturated rings. The van der Waals surface area contributed by atoms with E-state index in [9.17, 15) is 9.18 Å². The van der Waals surface area contributed by atoms with Crippen LogP contribution >= 0.6 is 31.9 Å². The van der Waals surface area contributed by atoms with Gasteiger partial charge in [0.15, 0.2) is 11.5 Å². The predicted molar refractivity (Wildman–Crippen MR) is 154 cm³/mol.